The number of anilines is 1. The number of para-hydroxylation sites is 1. The van der Waals surface area contributed by atoms with Gasteiger partial charge in [0.2, 0.25) is 0 Å². The van der Waals surface area contributed by atoms with Crippen molar-refractivity contribution in [2.45, 2.75) is 39.5 Å². The fraction of sp³-hybridized carbons (Fsp3) is 0.526. The minimum atomic E-state index is 1.03. The lowest BCUT2D eigenvalue weighted by atomic mass is 10.1. The first-order valence-electron chi connectivity index (χ1n) is 8.65. The SMILES string of the molecule is CCN(CC)CCCCCCNc1cccc2cccnc12. The van der Waals surface area contributed by atoms with Gasteiger partial charge in [0, 0.05) is 18.1 Å². The van der Waals surface area contributed by atoms with Crippen molar-refractivity contribution in [1.29, 1.82) is 0 Å². The molecule has 0 saturated carbocycles. The van der Waals surface area contributed by atoms with Crippen LogP contribution < -0.4 is 5.32 Å². The number of unbranched alkanes of at least 4 members (excludes halogenated alkanes) is 3. The topological polar surface area (TPSA) is 28.2 Å². The quantitative estimate of drug-likeness (QED) is 0.652. The van der Waals surface area contributed by atoms with Crippen molar-refractivity contribution in [1.82, 2.24) is 9.88 Å². The molecule has 1 aromatic carbocycles. The van der Waals surface area contributed by atoms with Crippen LogP contribution in [0.3, 0.4) is 0 Å². The van der Waals surface area contributed by atoms with E-state index in [1.807, 2.05) is 12.3 Å². The van der Waals surface area contributed by atoms with Crippen molar-refractivity contribution in [3.8, 4) is 0 Å². The van der Waals surface area contributed by atoms with Crippen molar-refractivity contribution in [3.63, 3.8) is 0 Å². The second kappa shape index (κ2) is 9.42. The fourth-order valence-electron chi connectivity index (χ4n) is 2.82. The highest BCUT2D eigenvalue weighted by atomic mass is 15.1. The van der Waals surface area contributed by atoms with Crippen LogP contribution >= 0.6 is 0 Å². The average Bonchev–Trinajstić information content (AvgIpc) is 2.57. The number of hydrogen-bond acceptors (Lipinski definition) is 3. The molecule has 120 valence electrons. The summed E-state index contributed by atoms with van der Waals surface area (Å²) in [5.41, 5.74) is 2.23. The smallest absolute Gasteiger partial charge is 0.0933 e. The van der Waals surface area contributed by atoms with Crippen molar-refractivity contribution in [2.24, 2.45) is 0 Å². The molecule has 1 heterocycles. The normalized spacial score (nSPS) is 11.2. The fourth-order valence-corrected chi connectivity index (χ4v) is 2.82. The van der Waals surface area contributed by atoms with E-state index < -0.39 is 0 Å². The Morgan fingerprint density at radius 2 is 1.73 bits per heavy atom. The van der Waals surface area contributed by atoms with Gasteiger partial charge in [-0.15, -0.1) is 0 Å². The summed E-state index contributed by atoms with van der Waals surface area (Å²) in [5.74, 6) is 0. The first-order chi connectivity index (χ1) is 10.8. The van der Waals surface area contributed by atoms with E-state index in [0.717, 1.165) is 17.7 Å². The van der Waals surface area contributed by atoms with Gasteiger partial charge in [-0.3, -0.25) is 4.98 Å². The van der Waals surface area contributed by atoms with Crippen LogP contribution in [0.2, 0.25) is 0 Å². The Labute approximate surface area is 134 Å². The van der Waals surface area contributed by atoms with Crippen LogP contribution in [0.15, 0.2) is 36.5 Å². The Kier molecular flexibility index (Phi) is 7.17. The van der Waals surface area contributed by atoms with Gasteiger partial charge in [0.05, 0.1) is 11.2 Å². The molecule has 0 amide bonds. The number of fused-ring (bicyclic) bond motifs is 1. The van der Waals surface area contributed by atoms with Crippen LogP contribution in [-0.4, -0.2) is 36.1 Å². The minimum absolute atomic E-state index is 1.03. The molecule has 0 aliphatic carbocycles. The zero-order chi connectivity index (χ0) is 15.6. The maximum absolute atomic E-state index is 4.48. The second-order valence-corrected chi connectivity index (χ2v) is 5.75. The van der Waals surface area contributed by atoms with Gasteiger partial charge in [-0.05, 0) is 44.6 Å². The van der Waals surface area contributed by atoms with E-state index in [1.165, 1.54) is 50.7 Å². The largest absolute Gasteiger partial charge is 0.383 e. The molecule has 0 saturated heterocycles. The van der Waals surface area contributed by atoms with Crippen LogP contribution in [0, 0.1) is 0 Å². The molecule has 0 atom stereocenters. The van der Waals surface area contributed by atoms with Gasteiger partial charge in [-0.1, -0.05) is 44.9 Å². The van der Waals surface area contributed by atoms with Gasteiger partial charge in [-0.2, -0.15) is 0 Å². The molecule has 0 spiro atoms. The summed E-state index contributed by atoms with van der Waals surface area (Å²) < 4.78 is 0. The third-order valence-electron chi connectivity index (χ3n) is 4.24. The number of pyridine rings is 1. The molecule has 0 aliphatic rings. The lowest BCUT2D eigenvalue weighted by Gasteiger charge is -2.17. The summed E-state index contributed by atoms with van der Waals surface area (Å²) in [6.45, 7) is 9.10. The molecule has 0 bridgehead atoms. The number of rotatable bonds is 10. The van der Waals surface area contributed by atoms with Crippen molar-refractivity contribution >= 4 is 16.6 Å². The van der Waals surface area contributed by atoms with Crippen molar-refractivity contribution in [3.05, 3.63) is 36.5 Å². The summed E-state index contributed by atoms with van der Waals surface area (Å²) in [4.78, 5) is 6.98. The highest BCUT2D eigenvalue weighted by molar-refractivity contribution is 5.90. The van der Waals surface area contributed by atoms with E-state index >= 15 is 0 Å². The summed E-state index contributed by atoms with van der Waals surface area (Å²) in [7, 11) is 0. The summed E-state index contributed by atoms with van der Waals surface area (Å²) >= 11 is 0. The number of nitrogens with one attached hydrogen (secondary N) is 1. The molecule has 0 aliphatic heterocycles. The van der Waals surface area contributed by atoms with E-state index in [2.05, 4.69) is 53.3 Å². The Morgan fingerprint density at radius 1 is 0.955 bits per heavy atom. The molecular weight excluding hydrogens is 270 g/mol. The molecule has 3 heteroatoms. The monoisotopic (exact) mass is 299 g/mol. The predicted octanol–water partition coefficient (Wildman–Crippen LogP) is 4.55. The highest BCUT2D eigenvalue weighted by Crippen LogP contribution is 2.20. The van der Waals surface area contributed by atoms with Crippen molar-refractivity contribution in [2.75, 3.05) is 31.5 Å². The highest BCUT2D eigenvalue weighted by Gasteiger charge is 2.01. The summed E-state index contributed by atoms with van der Waals surface area (Å²) in [6.07, 6.45) is 7.03. The molecular formula is C19H29N3. The van der Waals surface area contributed by atoms with E-state index in [1.54, 1.807) is 0 Å². The third kappa shape index (κ3) is 4.99. The van der Waals surface area contributed by atoms with E-state index in [-0.39, 0.29) is 0 Å². The molecule has 1 N–H and O–H groups in total. The van der Waals surface area contributed by atoms with Crippen molar-refractivity contribution < 1.29 is 0 Å². The Hall–Kier alpha value is -1.61. The van der Waals surface area contributed by atoms with Gasteiger partial charge in [0.25, 0.3) is 0 Å². The molecule has 2 rings (SSSR count). The number of benzene rings is 1. The van der Waals surface area contributed by atoms with Gasteiger partial charge in [0.1, 0.15) is 0 Å². The first kappa shape index (κ1) is 16.8. The molecule has 22 heavy (non-hydrogen) atoms. The summed E-state index contributed by atoms with van der Waals surface area (Å²) in [5, 5.41) is 4.74. The molecule has 2 aromatic rings. The minimum Gasteiger partial charge on any atom is -0.383 e. The molecule has 0 radical (unpaired) electrons. The zero-order valence-electron chi connectivity index (χ0n) is 14.0. The van der Waals surface area contributed by atoms with Crippen LogP contribution in [-0.2, 0) is 0 Å². The zero-order valence-corrected chi connectivity index (χ0v) is 14.0. The molecule has 0 fully saturated rings. The van der Waals surface area contributed by atoms with Gasteiger partial charge < -0.3 is 10.2 Å². The van der Waals surface area contributed by atoms with Crippen LogP contribution in [0.1, 0.15) is 39.5 Å². The van der Waals surface area contributed by atoms with Gasteiger partial charge >= 0.3 is 0 Å². The third-order valence-corrected chi connectivity index (χ3v) is 4.24. The number of aromatic nitrogens is 1. The summed E-state index contributed by atoms with van der Waals surface area (Å²) in [6, 6.07) is 10.4. The van der Waals surface area contributed by atoms with Crippen LogP contribution in [0.25, 0.3) is 10.9 Å². The Morgan fingerprint density at radius 3 is 2.55 bits per heavy atom. The average molecular weight is 299 g/mol. The van der Waals surface area contributed by atoms with Gasteiger partial charge in [-0.25, -0.2) is 0 Å². The molecule has 3 nitrogen and oxygen atoms in total. The maximum Gasteiger partial charge on any atom is 0.0933 e. The van der Waals surface area contributed by atoms with Crippen LogP contribution in [0.5, 0.6) is 0 Å². The Balaban J connectivity index is 1.66. The van der Waals surface area contributed by atoms with Gasteiger partial charge in [0.15, 0.2) is 0 Å². The van der Waals surface area contributed by atoms with E-state index in [0.29, 0.717) is 0 Å². The van der Waals surface area contributed by atoms with E-state index in [9.17, 15) is 0 Å². The number of hydrogen-bond donors (Lipinski definition) is 1. The number of nitrogens with zero attached hydrogens (tertiary/aromatic N) is 2. The maximum atomic E-state index is 4.48. The first-order valence-corrected chi connectivity index (χ1v) is 8.65. The lowest BCUT2D eigenvalue weighted by Crippen LogP contribution is -2.23. The standard InChI is InChI=1S/C19H29N3/c1-3-22(4-2)16-8-6-5-7-14-20-18-13-9-11-17-12-10-15-21-19(17)18/h9-13,15,20H,3-8,14,16H2,1-2H3. The lowest BCUT2D eigenvalue weighted by molar-refractivity contribution is 0.295. The Bertz CT molecular complexity index is 544. The molecule has 0 unspecified atom stereocenters. The predicted molar refractivity (Wildman–Crippen MR) is 96.5 cm³/mol. The van der Waals surface area contributed by atoms with E-state index in [4.69, 9.17) is 0 Å². The second-order valence-electron chi connectivity index (χ2n) is 5.75. The molecule has 1 aromatic heterocycles. The van der Waals surface area contributed by atoms with Crippen LogP contribution in [0.4, 0.5) is 5.69 Å².